The third-order valence-corrected chi connectivity index (χ3v) is 4.84. The maximum Gasteiger partial charge on any atom is 0.222 e. The molecular weight excluding hydrogens is 302 g/mol. The first-order valence-electron chi connectivity index (χ1n) is 8.66. The SMILES string of the molecule is CCC(=O)N1CCCC(Cc2cncc(-c3cnc(C)n3C)n2)C1. The number of amides is 1. The van der Waals surface area contributed by atoms with Gasteiger partial charge in [0.15, 0.2) is 0 Å². The summed E-state index contributed by atoms with van der Waals surface area (Å²) in [4.78, 5) is 27.4. The van der Waals surface area contributed by atoms with Gasteiger partial charge in [0.1, 0.15) is 11.5 Å². The molecule has 1 atom stereocenters. The van der Waals surface area contributed by atoms with Gasteiger partial charge in [-0.1, -0.05) is 6.92 Å². The van der Waals surface area contributed by atoms with E-state index in [0.717, 1.165) is 55.3 Å². The molecule has 0 radical (unpaired) electrons. The summed E-state index contributed by atoms with van der Waals surface area (Å²) in [6.45, 7) is 5.63. The average Bonchev–Trinajstić information content (AvgIpc) is 2.94. The predicted molar refractivity (Wildman–Crippen MR) is 92.3 cm³/mol. The summed E-state index contributed by atoms with van der Waals surface area (Å²) in [6.07, 6.45) is 9.13. The molecule has 0 saturated carbocycles. The fraction of sp³-hybridized carbons (Fsp3) is 0.556. The molecule has 6 nitrogen and oxygen atoms in total. The van der Waals surface area contributed by atoms with Crippen molar-refractivity contribution in [3.63, 3.8) is 0 Å². The second-order valence-electron chi connectivity index (χ2n) is 6.55. The van der Waals surface area contributed by atoms with E-state index in [0.29, 0.717) is 12.3 Å². The summed E-state index contributed by atoms with van der Waals surface area (Å²) in [5.41, 5.74) is 2.82. The number of hydrogen-bond donors (Lipinski definition) is 0. The lowest BCUT2D eigenvalue weighted by molar-refractivity contribution is -0.132. The van der Waals surface area contributed by atoms with Crippen molar-refractivity contribution in [3.05, 3.63) is 30.1 Å². The van der Waals surface area contributed by atoms with Crippen LogP contribution in [-0.4, -0.2) is 43.4 Å². The maximum absolute atomic E-state index is 11.9. The molecule has 128 valence electrons. The van der Waals surface area contributed by atoms with E-state index < -0.39 is 0 Å². The van der Waals surface area contributed by atoms with Gasteiger partial charge < -0.3 is 9.47 Å². The molecule has 3 rings (SSSR count). The Labute approximate surface area is 142 Å². The van der Waals surface area contributed by atoms with Gasteiger partial charge in [0, 0.05) is 32.8 Å². The van der Waals surface area contributed by atoms with Crippen molar-refractivity contribution in [1.29, 1.82) is 0 Å². The first kappa shape index (κ1) is 16.6. The predicted octanol–water partition coefficient (Wildman–Crippen LogP) is 2.38. The molecule has 0 spiro atoms. The Morgan fingerprint density at radius 2 is 2.17 bits per heavy atom. The standard InChI is InChI=1S/C18H25N5O/c1-4-18(24)23-7-5-6-14(12-23)8-15-9-19-10-16(21-15)17-11-20-13(2)22(17)3/h9-11,14H,4-8,12H2,1-3H3. The van der Waals surface area contributed by atoms with Crippen LogP contribution >= 0.6 is 0 Å². The van der Waals surface area contributed by atoms with E-state index >= 15 is 0 Å². The van der Waals surface area contributed by atoms with Crippen molar-refractivity contribution in [2.45, 2.75) is 39.5 Å². The van der Waals surface area contributed by atoms with Gasteiger partial charge in [0.05, 0.1) is 23.8 Å². The minimum Gasteiger partial charge on any atom is -0.342 e. The second-order valence-corrected chi connectivity index (χ2v) is 6.55. The minimum absolute atomic E-state index is 0.255. The molecule has 1 aliphatic rings. The van der Waals surface area contributed by atoms with Crippen molar-refractivity contribution in [2.24, 2.45) is 13.0 Å². The maximum atomic E-state index is 11.9. The Morgan fingerprint density at radius 1 is 1.33 bits per heavy atom. The van der Waals surface area contributed by atoms with E-state index in [-0.39, 0.29) is 5.91 Å². The zero-order chi connectivity index (χ0) is 17.1. The normalized spacial score (nSPS) is 18.0. The van der Waals surface area contributed by atoms with Gasteiger partial charge in [-0.15, -0.1) is 0 Å². The molecule has 1 aliphatic heterocycles. The third kappa shape index (κ3) is 3.47. The summed E-state index contributed by atoms with van der Waals surface area (Å²) in [6, 6.07) is 0. The summed E-state index contributed by atoms with van der Waals surface area (Å²) >= 11 is 0. The molecule has 1 unspecified atom stereocenters. The van der Waals surface area contributed by atoms with Crippen LogP contribution in [-0.2, 0) is 18.3 Å². The molecule has 0 bridgehead atoms. The number of carbonyl (C=O) groups excluding carboxylic acids is 1. The van der Waals surface area contributed by atoms with Crippen LogP contribution in [0, 0.1) is 12.8 Å². The number of piperidine rings is 1. The highest BCUT2D eigenvalue weighted by molar-refractivity contribution is 5.75. The van der Waals surface area contributed by atoms with Crippen molar-refractivity contribution in [3.8, 4) is 11.4 Å². The average molecular weight is 327 g/mol. The Bertz CT molecular complexity index is 724. The molecule has 0 N–H and O–H groups in total. The molecule has 24 heavy (non-hydrogen) atoms. The van der Waals surface area contributed by atoms with Crippen LogP contribution in [0.15, 0.2) is 18.6 Å². The third-order valence-electron chi connectivity index (χ3n) is 4.84. The Hall–Kier alpha value is -2.24. The monoisotopic (exact) mass is 327 g/mol. The number of nitrogens with zero attached hydrogens (tertiary/aromatic N) is 5. The number of aromatic nitrogens is 4. The van der Waals surface area contributed by atoms with Crippen LogP contribution in [0.25, 0.3) is 11.4 Å². The molecule has 3 heterocycles. The van der Waals surface area contributed by atoms with E-state index in [1.807, 2.05) is 42.8 Å². The van der Waals surface area contributed by atoms with Crippen molar-refractivity contribution >= 4 is 5.91 Å². The molecular formula is C18H25N5O. The summed E-state index contributed by atoms with van der Waals surface area (Å²) in [5.74, 6) is 1.68. The first-order valence-corrected chi connectivity index (χ1v) is 8.66. The van der Waals surface area contributed by atoms with Gasteiger partial charge in [0.2, 0.25) is 5.91 Å². The number of rotatable bonds is 4. The summed E-state index contributed by atoms with van der Waals surface area (Å²) in [5, 5.41) is 0. The van der Waals surface area contributed by atoms with E-state index in [9.17, 15) is 4.79 Å². The number of likely N-dealkylation sites (tertiary alicyclic amines) is 1. The molecule has 2 aromatic rings. The van der Waals surface area contributed by atoms with Crippen LogP contribution in [0.1, 0.15) is 37.7 Å². The van der Waals surface area contributed by atoms with Crippen LogP contribution in [0.2, 0.25) is 0 Å². The lowest BCUT2D eigenvalue weighted by Gasteiger charge is -2.32. The van der Waals surface area contributed by atoms with Crippen LogP contribution in [0.5, 0.6) is 0 Å². The lowest BCUT2D eigenvalue weighted by Crippen LogP contribution is -2.40. The van der Waals surface area contributed by atoms with Crippen LogP contribution < -0.4 is 0 Å². The highest BCUT2D eigenvalue weighted by atomic mass is 16.2. The van der Waals surface area contributed by atoms with E-state index in [1.54, 1.807) is 6.20 Å². The number of imidazole rings is 1. The van der Waals surface area contributed by atoms with Gasteiger partial charge in [0.25, 0.3) is 0 Å². The second kappa shape index (κ2) is 7.11. The van der Waals surface area contributed by atoms with E-state index in [4.69, 9.17) is 4.98 Å². The first-order chi connectivity index (χ1) is 11.6. The van der Waals surface area contributed by atoms with E-state index in [1.165, 1.54) is 0 Å². The fourth-order valence-corrected chi connectivity index (χ4v) is 3.35. The van der Waals surface area contributed by atoms with Gasteiger partial charge in [-0.2, -0.15) is 0 Å². The van der Waals surface area contributed by atoms with Crippen LogP contribution in [0.4, 0.5) is 0 Å². The molecule has 0 aromatic carbocycles. The molecule has 0 aliphatic carbocycles. The highest BCUT2D eigenvalue weighted by Crippen LogP contribution is 2.22. The number of hydrogen-bond acceptors (Lipinski definition) is 4. The summed E-state index contributed by atoms with van der Waals surface area (Å²) < 4.78 is 2.02. The number of carbonyl (C=O) groups is 1. The Morgan fingerprint density at radius 3 is 2.88 bits per heavy atom. The molecule has 1 fully saturated rings. The van der Waals surface area contributed by atoms with Gasteiger partial charge >= 0.3 is 0 Å². The zero-order valence-electron chi connectivity index (χ0n) is 14.7. The topological polar surface area (TPSA) is 63.9 Å². The van der Waals surface area contributed by atoms with Gasteiger partial charge in [-0.25, -0.2) is 9.97 Å². The van der Waals surface area contributed by atoms with Crippen molar-refractivity contribution in [1.82, 2.24) is 24.4 Å². The molecule has 1 saturated heterocycles. The van der Waals surface area contributed by atoms with Crippen molar-refractivity contribution in [2.75, 3.05) is 13.1 Å². The Balaban J connectivity index is 1.73. The lowest BCUT2D eigenvalue weighted by atomic mass is 9.93. The smallest absolute Gasteiger partial charge is 0.222 e. The fourth-order valence-electron chi connectivity index (χ4n) is 3.35. The molecule has 6 heteroatoms. The van der Waals surface area contributed by atoms with Crippen LogP contribution in [0.3, 0.4) is 0 Å². The molecule has 2 aromatic heterocycles. The molecule has 1 amide bonds. The summed E-state index contributed by atoms with van der Waals surface area (Å²) in [7, 11) is 1.99. The van der Waals surface area contributed by atoms with E-state index in [2.05, 4.69) is 9.97 Å². The highest BCUT2D eigenvalue weighted by Gasteiger charge is 2.23. The largest absolute Gasteiger partial charge is 0.342 e. The zero-order valence-corrected chi connectivity index (χ0v) is 14.7. The van der Waals surface area contributed by atoms with Gasteiger partial charge in [-0.3, -0.25) is 9.78 Å². The minimum atomic E-state index is 0.255. The Kier molecular flexibility index (Phi) is 4.92. The number of aryl methyl sites for hydroxylation is 1. The van der Waals surface area contributed by atoms with Gasteiger partial charge in [-0.05, 0) is 32.1 Å². The quantitative estimate of drug-likeness (QED) is 0.865. The van der Waals surface area contributed by atoms with Crippen molar-refractivity contribution < 1.29 is 4.79 Å².